The van der Waals surface area contributed by atoms with Crippen molar-refractivity contribution in [1.82, 2.24) is 9.80 Å². The Morgan fingerprint density at radius 1 is 1.15 bits per heavy atom. The van der Waals surface area contributed by atoms with E-state index in [0.717, 1.165) is 4.90 Å². The fraction of sp³-hybridized carbons (Fsp3) is 0.409. The van der Waals surface area contributed by atoms with Crippen LogP contribution >= 0.6 is 11.8 Å². The molecule has 0 unspecified atom stereocenters. The van der Waals surface area contributed by atoms with Gasteiger partial charge in [0, 0.05) is 49.2 Å². The summed E-state index contributed by atoms with van der Waals surface area (Å²) in [6.07, 6.45) is 1.29. The highest BCUT2D eigenvalue weighted by Gasteiger charge is 2.28. The number of nitrogens with one attached hydrogen (secondary N) is 1. The monoisotopic (exact) mass is 491 g/mol. The maximum absolute atomic E-state index is 12.9. The molecule has 1 N–H and O–H groups in total. The molecule has 0 bridgehead atoms. The number of amides is 3. The van der Waals surface area contributed by atoms with Gasteiger partial charge in [-0.15, -0.1) is 11.8 Å². The van der Waals surface area contributed by atoms with Crippen LogP contribution in [0.15, 0.2) is 50.8 Å². The lowest BCUT2D eigenvalue weighted by atomic mass is 10.2. The van der Waals surface area contributed by atoms with Gasteiger partial charge in [-0.1, -0.05) is 6.92 Å². The molecule has 176 valence electrons. The number of furan rings is 1. The second-order valence-corrected chi connectivity index (χ2v) is 11.2. The zero-order valence-corrected chi connectivity index (χ0v) is 19.8. The van der Waals surface area contributed by atoms with Crippen molar-refractivity contribution in [2.45, 2.75) is 23.1 Å². The number of anilines is 1. The molecule has 1 fully saturated rings. The summed E-state index contributed by atoms with van der Waals surface area (Å²) in [4.78, 5) is 41.2. The third kappa shape index (κ3) is 5.25. The predicted molar refractivity (Wildman–Crippen MR) is 123 cm³/mol. The Bertz CT molecular complexity index is 1150. The average Bonchev–Trinajstić information content (AvgIpc) is 3.31. The molecule has 0 radical (unpaired) electrons. The summed E-state index contributed by atoms with van der Waals surface area (Å²) >= 11 is 1.51. The van der Waals surface area contributed by atoms with Crippen LogP contribution < -0.4 is 5.32 Å². The SMILES string of the molecule is C[C@H]1CSc2ccc(S(=O)(=O)CCC(=O)N3CCN(C(=O)c4ccco4)CC3)cc2NC1=O. The molecular weight excluding hydrogens is 466 g/mol. The first-order valence-corrected chi connectivity index (χ1v) is 13.3. The van der Waals surface area contributed by atoms with E-state index >= 15 is 0 Å². The van der Waals surface area contributed by atoms with E-state index in [1.54, 1.807) is 28.0 Å². The van der Waals surface area contributed by atoms with Gasteiger partial charge in [0.1, 0.15) is 0 Å². The summed E-state index contributed by atoms with van der Waals surface area (Å²) in [5, 5.41) is 2.79. The van der Waals surface area contributed by atoms with E-state index < -0.39 is 9.84 Å². The fourth-order valence-electron chi connectivity index (χ4n) is 3.69. The lowest BCUT2D eigenvalue weighted by molar-refractivity contribution is -0.132. The second kappa shape index (κ2) is 9.60. The lowest BCUT2D eigenvalue weighted by Gasteiger charge is -2.34. The average molecular weight is 492 g/mol. The second-order valence-electron chi connectivity index (χ2n) is 8.08. The Labute approximate surface area is 196 Å². The van der Waals surface area contributed by atoms with Crippen LogP contribution in [0.1, 0.15) is 23.9 Å². The molecule has 9 nitrogen and oxygen atoms in total. The summed E-state index contributed by atoms with van der Waals surface area (Å²) < 4.78 is 30.8. The van der Waals surface area contributed by atoms with Crippen LogP contribution in [0.25, 0.3) is 0 Å². The molecule has 2 aromatic rings. The molecule has 0 saturated carbocycles. The number of carbonyl (C=O) groups is 3. The first-order chi connectivity index (χ1) is 15.7. The molecule has 0 spiro atoms. The Balaban J connectivity index is 1.33. The molecule has 2 aliphatic rings. The predicted octanol–water partition coefficient (Wildman–Crippen LogP) is 2.11. The number of carbonyl (C=O) groups excluding carboxylic acids is 3. The zero-order valence-electron chi connectivity index (χ0n) is 18.2. The highest BCUT2D eigenvalue weighted by Crippen LogP contribution is 2.34. The number of hydrogen-bond donors (Lipinski definition) is 1. The van der Waals surface area contributed by atoms with Crippen molar-refractivity contribution in [3.05, 3.63) is 42.4 Å². The van der Waals surface area contributed by atoms with Crippen molar-refractivity contribution in [2.24, 2.45) is 5.92 Å². The van der Waals surface area contributed by atoms with Crippen molar-refractivity contribution in [1.29, 1.82) is 0 Å². The number of benzene rings is 1. The normalized spacial score (nSPS) is 18.9. The lowest BCUT2D eigenvalue weighted by Crippen LogP contribution is -2.50. The largest absolute Gasteiger partial charge is 0.459 e. The van der Waals surface area contributed by atoms with Crippen LogP contribution in [0.5, 0.6) is 0 Å². The van der Waals surface area contributed by atoms with Crippen LogP contribution in [0.4, 0.5) is 5.69 Å². The van der Waals surface area contributed by atoms with E-state index in [-0.39, 0.29) is 46.5 Å². The molecule has 1 aromatic heterocycles. The number of sulfone groups is 1. The van der Waals surface area contributed by atoms with Gasteiger partial charge in [0.15, 0.2) is 15.6 Å². The summed E-state index contributed by atoms with van der Waals surface area (Å²) in [5.74, 6) is -0.252. The smallest absolute Gasteiger partial charge is 0.289 e. The van der Waals surface area contributed by atoms with Crippen LogP contribution in [0.3, 0.4) is 0 Å². The Morgan fingerprint density at radius 3 is 2.58 bits per heavy atom. The standard InChI is InChI=1S/C22H25N3O6S2/c1-15-14-32-19-5-4-16(13-17(19)23-21(15)27)33(29,30)12-6-20(26)24-7-9-25(10-8-24)22(28)18-3-2-11-31-18/h2-5,11,13,15H,6-10,12,14H2,1H3,(H,23,27)/t15-/m0/s1. The van der Waals surface area contributed by atoms with E-state index in [9.17, 15) is 22.8 Å². The van der Waals surface area contributed by atoms with Crippen molar-refractivity contribution in [2.75, 3.05) is 43.0 Å². The third-order valence-corrected chi connectivity index (χ3v) is 8.79. The molecule has 1 aromatic carbocycles. The van der Waals surface area contributed by atoms with Gasteiger partial charge in [-0.3, -0.25) is 14.4 Å². The molecule has 3 amide bonds. The Morgan fingerprint density at radius 2 is 1.88 bits per heavy atom. The molecule has 3 heterocycles. The van der Waals surface area contributed by atoms with Gasteiger partial charge in [-0.05, 0) is 30.3 Å². The van der Waals surface area contributed by atoms with E-state index in [0.29, 0.717) is 37.6 Å². The van der Waals surface area contributed by atoms with Crippen molar-refractivity contribution >= 4 is 45.0 Å². The van der Waals surface area contributed by atoms with Gasteiger partial charge >= 0.3 is 0 Å². The number of nitrogens with zero attached hydrogens (tertiary/aromatic N) is 2. The third-order valence-electron chi connectivity index (χ3n) is 5.74. The Kier molecular flexibility index (Phi) is 6.80. The highest BCUT2D eigenvalue weighted by atomic mass is 32.2. The van der Waals surface area contributed by atoms with Crippen LogP contribution in [-0.4, -0.2) is 73.6 Å². The van der Waals surface area contributed by atoms with Crippen molar-refractivity contribution < 1.29 is 27.2 Å². The highest BCUT2D eigenvalue weighted by molar-refractivity contribution is 7.99. The molecule has 11 heteroatoms. The number of thioether (sulfide) groups is 1. The molecular formula is C22H25N3O6S2. The topological polar surface area (TPSA) is 117 Å². The van der Waals surface area contributed by atoms with Gasteiger partial charge in [0.05, 0.1) is 22.6 Å². The van der Waals surface area contributed by atoms with Crippen LogP contribution in [-0.2, 0) is 19.4 Å². The number of hydrogen-bond acceptors (Lipinski definition) is 7. The summed E-state index contributed by atoms with van der Waals surface area (Å²) in [5.41, 5.74) is 0.485. The van der Waals surface area contributed by atoms with E-state index in [2.05, 4.69) is 5.32 Å². The van der Waals surface area contributed by atoms with E-state index in [1.165, 1.54) is 30.2 Å². The van der Waals surface area contributed by atoms with Gasteiger partial charge in [-0.2, -0.15) is 0 Å². The van der Waals surface area contributed by atoms with E-state index in [1.807, 2.05) is 6.92 Å². The quantitative estimate of drug-likeness (QED) is 0.681. The van der Waals surface area contributed by atoms with Crippen LogP contribution in [0.2, 0.25) is 0 Å². The summed E-state index contributed by atoms with van der Waals surface area (Å²) in [6, 6.07) is 7.93. The van der Waals surface area contributed by atoms with Gasteiger partial charge < -0.3 is 19.5 Å². The minimum Gasteiger partial charge on any atom is -0.459 e. The minimum atomic E-state index is -3.71. The van der Waals surface area contributed by atoms with Gasteiger partial charge in [0.2, 0.25) is 11.8 Å². The first kappa shape index (κ1) is 23.4. The fourth-order valence-corrected chi connectivity index (χ4v) is 5.95. The van der Waals surface area contributed by atoms with Gasteiger partial charge in [0.25, 0.3) is 5.91 Å². The molecule has 4 rings (SSSR count). The summed E-state index contributed by atoms with van der Waals surface area (Å²) in [6.45, 7) is 3.22. The Hall–Kier alpha value is -2.79. The van der Waals surface area contributed by atoms with Crippen molar-refractivity contribution in [3.63, 3.8) is 0 Å². The zero-order chi connectivity index (χ0) is 23.6. The molecule has 1 saturated heterocycles. The summed E-state index contributed by atoms with van der Waals surface area (Å²) in [7, 11) is -3.71. The molecule has 33 heavy (non-hydrogen) atoms. The minimum absolute atomic E-state index is 0.0818. The number of piperazine rings is 1. The molecule has 0 aliphatic carbocycles. The number of rotatable bonds is 5. The van der Waals surface area contributed by atoms with E-state index in [4.69, 9.17) is 4.42 Å². The maximum Gasteiger partial charge on any atom is 0.289 e. The first-order valence-electron chi connectivity index (χ1n) is 10.7. The number of fused-ring (bicyclic) bond motifs is 1. The molecule has 2 aliphatic heterocycles. The maximum atomic E-state index is 12.9. The van der Waals surface area contributed by atoms with Gasteiger partial charge in [-0.25, -0.2) is 8.42 Å². The van der Waals surface area contributed by atoms with Crippen molar-refractivity contribution in [3.8, 4) is 0 Å². The molecule has 1 atom stereocenters. The van der Waals surface area contributed by atoms with Crippen LogP contribution in [0, 0.1) is 5.92 Å².